The van der Waals surface area contributed by atoms with Crippen molar-refractivity contribution in [3.63, 3.8) is 0 Å². The summed E-state index contributed by atoms with van der Waals surface area (Å²) in [7, 11) is 0. The quantitative estimate of drug-likeness (QED) is 0.727. The van der Waals surface area contributed by atoms with Crippen molar-refractivity contribution < 1.29 is 18.7 Å². The number of hydrogen-bond acceptors (Lipinski definition) is 4. The Hall–Kier alpha value is -2.48. The number of nitrogens with one attached hydrogen (secondary N) is 3. The first-order valence-electron chi connectivity index (χ1n) is 8.37. The Morgan fingerprint density at radius 2 is 1.89 bits per heavy atom. The van der Waals surface area contributed by atoms with Crippen LogP contribution in [0.1, 0.15) is 15.9 Å². The third-order valence-electron chi connectivity index (χ3n) is 4.05. The van der Waals surface area contributed by atoms with E-state index in [0.29, 0.717) is 36.6 Å². The van der Waals surface area contributed by atoms with Gasteiger partial charge in [0.1, 0.15) is 11.9 Å². The molecule has 27 heavy (non-hydrogen) atoms. The van der Waals surface area contributed by atoms with Crippen molar-refractivity contribution >= 4 is 29.9 Å². The fourth-order valence-electron chi connectivity index (χ4n) is 2.59. The van der Waals surface area contributed by atoms with Crippen LogP contribution in [0.4, 0.5) is 10.1 Å². The summed E-state index contributed by atoms with van der Waals surface area (Å²) in [5.41, 5.74) is 1.44. The molecule has 1 aliphatic rings. The third-order valence-corrected chi connectivity index (χ3v) is 4.05. The van der Waals surface area contributed by atoms with E-state index in [1.807, 2.05) is 0 Å². The first-order chi connectivity index (χ1) is 12.6. The second kappa shape index (κ2) is 10.0. The number of morpholine rings is 1. The van der Waals surface area contributed by atoms with Crippen LogP contribution in [0.3, 0.4) is 0 Å². The van der Waals surface area contributed by atoms with Gasteiger partial charge in [-0.1, -0.05) is 18.2 Å². The van der Waals surface area contributed by atoms with Gasteiger partial charge in [-0.2, -0.15) is 0 Å². The van der Waals surface area contributed by atoms with Crippen molar-refractivity contribution in [1.29, 1.82) is 0 Å². The Morgan fingerprint density at radius 3 is 2.56 bits per heavy atom. The van der Waals surface area contributed by atoms with Crippen LogP contribution in [0.25, 0.3) is 0 Å². The molecule has 1 heterocycles. The van der Waals surface area contributed by atoms with E-state index in [0.717, 1.165) is 0 Å². The fraction of sp³-hybridized carbons (Fsp3) is 0.263. The van der Waals surface area contributed by atoms with Crippen LogP contribution >= 0.6 is 12.4 Å². The normalized spacial score (nSPS) is 16.1. The zero-order valence-corrected chi connectivity index (χ0v) is 15.4. The highest BCUT2D eigenvalue weighted by Gasteiger charge is 2.21. The second-order valence-corrected chi connectivity index (χ2v) is 5.92. The van der Waals surface area contributed by atoms with E-state index in [2.05, 4.69) is 16.0 Å². The first kappa shape index (κ1) is 20.8. The number of carbonyl (C=O) groups is 2. The predicted molar refractivity (Wildman–Crippen MR) is 102 cm³/mol. The van der Waals surface area contributed by atoms with Crippen molar-refractivity contribution in [2.45, 2.75) is 12.6 Å². The number of rotatable bonds is 5. The number of ether oxygens (including phenoxy) is 1. The van der Waals surface area contributed by atoms with E-state index in [1.54, 1.807) is 42.5 Å². The fourth-order valence-corrected chi connectivity index (χ4v) is 2.59. The maximum Gasteiger partial charge on any atom is 0.251 e. The lowest BCUT2D eigenvalue weighted by molar-refractivity contribution is -0.120. The van der Waals surface area contributed by atoms with E-state index in [4.69, 9.17) is 4.74 Å². The summed E-state index contributed by atoms with van der Waals surface area (Å²) in [4.78, 5) is 24.3. The minimum absolute atomic E-state index is 0. The molecule has 1 unspecified atom stereocenters. The maximum atomic E-state index is 13.6. The zero-order valence-electron chi connectivity index (χ0n) is 14.5. The molecule has 1 atom stereocenters. The molecule has 0 aliphatic carbocycles. The molecule has 2 aromatic rings. The summed E-state index contributed by atoms with van der Waals surface area (Å²) < 4.78 is 18.8. The minimum Gasteiger partial charge on any atom is -0.378 e. The molecule has 1 fully saturated rings. The molecular formula is C19H21ClFN3O3. The van der Waals surface area contributed by atoms with E-state index in [-0.39, 0.29) is 42.6 Å². The number of halogens is 2. The average molecular weight is 394 g/mol. The molecule has 3 rings (SSSR count). The van der Waals surface area contributed by atoms with Gasteiger partial charge in [-0.15, -0.1) is 12.4 Å². The lowest BCUT2D eigenvalue weighted by Crippen LogP contribution is -2.48. The van der Waals surface area contributed by atoms with Gasteiger partial charge >= 0.3 is 0 Å². The summed E-state index contributed by atoms with van der Waals surface area (Å²) in [6.45, 7) is 1.68. The van der Waals surface area contributed by atoms with E-state index in [1.165, 1.54) is 6.07 Å². The van der Waals surface area contributed by atoms with Gasteiger partial charge in [0, 0.05) is 29.9 Å². The lowest BCUT2D eigenvalue weighted by Gasteiger charge is -2.22. The molecule has 144 valence electrons. The van der Waals surface area contributed by atoms with Gasteiger partial charge in [-0.05, 0) is 30.3 Å². The highest BCUT2D eigenvalue weighted by Crippen LogP contribution is 2.11. The van der Waals surface area contributed by atoms with Gasteiger partial charge in [-0.25, -0.2) is 4.39 Å². The Kier molecular flexibility index (Phi) is 7.72. The number of amides is 2. The Balaban J connectivity index is 0.00000261. The van der Waals surface area contributed by atoms with Gasteiger partial charge in [0.05, 0.1) is 13.2 Å². The van der Waals surface area contributed by atoms with Crippen LogP contribution in [0.2, 0.25) is 0 Å². The van der Waals surface area contributed by atoms with Crippen molar-refractivity contribution in [3.05, 3.63) is 65.5 Å². The summed E-state index contributed by atoms with van der Waals surface area (Å²) in [6, 6.07) is 12.4. The van der Waals surface area contributed by atoms with Crippen LogP contribution in [0, 0.1) is 5.82 Å². The third kappa shape index (κ3) is 5.75. The van der Waals surface area contributed by atoms with Crippen LogP contribution in [0.15, 0.2) is 48.5 Å². The smallest absolute Gasteiger partial charge is 0.251 e. The van der Waals surface area contributed by atoms with Crippen molar-refractivity contribution in [3.8, 4) is 0 Å². The standard InChI is InChI=1S/C19H20FN3O3.ClH/c20-16-4-2-1-3-14(16)11-22-18(24)13-5-7-15(8-6-13)23-19(25)17-12-26-10-9-21-17;/h1-8,17,21H,9-12H2,(H,22,24)(H,23,25);1H. The van der Waals surface area contributed by atoms with Gasteiger partial charge in [0.2, 0.25) is 5.91 Å². The molecule has 8 heteroatoms. The highest BCUT2D eigenvalue weighted by molar-refractivity contribution is 5.97. The first-order valence-corrected chi connectivity index (χ1v) is 8.37. The van der Waals surface area contributed by atoms with E-state index < -0.39 is 0 Å². The number of carbonyl (C=O) groups excluding carboxylic acids is 2. The summed E-state index contributed by atoms with van der Waals surface area (Å²) in [6.07, 6.45) is 0. The summed E-state index contributed by atoms with van der Waals surface area (Å²) in [5.74, 6) is -0.846. The van der Waals surface area contributed by atoms with Crippen molar-refractivity contribution in [1.82, 2.24) is 10.6 Å². The molecule has 3 N–H and O–H groups in total. The Morgan fingerprint density at radius 1 is 1.15 bits per heavy atom. The van der Waals surface area contributed by atoms with Crippen LogP contribution in [0.5, 0.6) is 0 Å². The second-order valence-electron chi connectivity index (χ2n) is 5.92. The Bertz CT molecular complexity index is 780. The molecule has 2 aromatic carbocycles. The maximum absolute atomic E-state index is 13.6. The number of benzene rings is 2. The molecular weight excluding hydrogens is 373 g/mol. The molecule has 0 spiro atoms. The van der Waals surface area contributed by atoms with Gasteiger partial charge < -0.3 is 20.7 Å². The van der Waals surface area contributed by atoms with Gasteiger partial charge in [0.15, 0.2) is 0 Å². The van der Waals surface area contributed by atoms with Crippen LogP contribution < -0.4 is 16.0 Å². The predicted octanol–water partition coefficient (Wildman–Crippen LogP) is 2.10. The molecule has 2 amide bonds. The largest absolute Gasteiger partial charge is 0.378 e. The summed E-state index contributed by atoms with van der Waals surface area (Å²) in [5, 5.41) is 8.53. The lowest BCUT2D eigenvalue weighted by atomic mass is 10.1. The van der Waals surface area contributed by atoms with Crippen molar-refractivity contribution in [2.75, 3.05) is 25.1 Å². The van der Waals surface area contributed by atoms with Gasteiger partial charge in [0.25, 0.3) is 5.91 Å². The minimum atomic E-state index is -0.382. The Labute approximate surface area is 162 Å². The van der Waals surface area contributed by atoms with E-state index >= 15 is 0 Å². The SMILES string of the molecule is Cl.O=C(NCc1ccccc1F)c1ccc(NC(=O)C2COCCN2)cc1. The molecule has 0 radical (unpaired) electrons. The zero-order chi connectivity index (χ0) is 18.4. The molecule has 6 nitrogen and oxygen atoms in total. The van der Waals surface area contributed by atoms with Crippen LogP contribution in [-0.2, 0) is 16.1 Å². The van der Waals surface area contributed by atoms with Gasteiger partial charge in [-0.3, -0.25) is 9.59 Å². The molecule has 1 saturated heterocycles. The number of anilines is 1. The number of hydrogen-bond donors (Lipinski definition) is 3. The van der Waals surface area contributed by atoms with Crippen LogP contribution in [-0.4, -0.2) is 37.6 Å². The monoisotopic (exact) mass is 393 g/mol. The average Bonchev–Trinajstić information content (AvgIpc) is 2.68. The molecule has 0 saturated carbocycles. The molecule has 0 aromatic heterocycles. The highest BCUT2D eigenvalue weighted by atomic mass is 35.5. The molecule has 1 aliphatic heterocycles. The molecule has 0 bridgehead atoms. The topological polar surface area (TPSA) is 79.5 Å². The summed E-state index contributed by atoms with van der Waals surface area (Å²) >= 11 is 0. The van der Waals surface area contributed by atoms with Crippen molar-refractivity contribution in [2.24, 2.45) is 0 Å². The van der Waals surface area contributed by atoms with E-state index in [9.17, 15) is 14.0 Å².